The van der Waals surface area contributed by atoms with E-state index >= 15 is 0 Å². The zero-order valence-corrected chi connectivity index (χ0v) is 14.4. The van der Waals surface area contributed by atoms with Crippen LogP contribution in [0, 0.1) is 0 Å². The van der Waals surface area contributed by atoms with Crippen molar-refractivity contribution >= 4 is 21.6 Å². The average molecular weight is 348 g/mol. The van der Waals surface area contributed by atoms with Crippen LogP contribution in [0.5, 0.6) is 11.5 Å². The normalized spacial score (nSPS) is 22.3. The molecular formula is C15H22ClNO4S. The second-order valence-electron chi connectivity index (χ2n) is 5.39. The van der Waals surface area contributed by atoms with E-state index < -0.39 is 15.3 Å². The molecule has 7 heteroatoms. The molecule has 1 N–H and O–H groups in total. The zero-order chi connectivity index (χ0) is 16.2. The number of benzene rings is 1. The highest BCUT2D eigenvalue weighted by molar-refractivity contribution is 7.90. The Morgan fingerprint density at radius 1 is 1.18 bits per heavy atom. The molecule has 22 heavy (non-hydrogen) atoms. The number of hydrogen-bond acceptors (Lipinski definition) is 4. The van der Waals surface area contributed by atoms with Crippen LogP contribution < -0.4 is 14.2 Å². The summed E-state index contributed by atoms with van der Waals surface area (Å²) >= 11 is 6.18. The molecule has 1 fully saturated rings. The van der Waals surface area contributed by atoms with E-state index in [0.717, 1.165) is 24.8 Å². The summed E-state index contributed by atoms with van der Waals surface area (Å²) in [5, 5.41) is -0.820. The monoisotopic (exact) mass is 347 g/mol. The fourth-order valence-electron chi connectivity index (χ4n) is 2.68. The van der Waals surface area contributed by atoms with Crippen LogP contribution in [0.3, 0.4) is 0 Å². The van der Waals surface area contributed by atoms with Gasteiger partial charge in [-0.25, -0.2) is 13.1 Å². The quantitative estimate of drug-likeness (QED) is 0.803. The van der Waals surface area contributed by atoms with Crippen LogP contribution in [0.1, 0.15) is 31.2 Å². The molecule has 1 aliphatic carbocycles. The number of alkyl halides is 1. The molecule has 1 saturated carbocycles. The molecule has 0 radical (unpaired) electrons. The first-order chi connectivity index (χ1) is 10.5. The molecule has 0 bridgehead atoms. The van der Waals surface area contributed by atoms with E-state index in [2.05, 4.69) is 4.72 Å². The first-order valence-electron chi connectivity index (χ1n) is 7.31. The molecule has 0 aromatic heterocycles. The Morgan fingerprint density at radius 2 is 1.86 bits per heavy atom. The predicted octanol–water partition coefficient (Wildman–Crippen LogP) is 2.67. The summed E-state index contributed by atoms with van der Waals surface area (Å²) in [6.45, 7) is 0.211. The third-order valence-corrected chi connectivity index (χ3v) is 6.53. The van der Waals surface area contributed by atoms with Gasteiger partial charge in [0.1, 0.15) is 0 Å². The third kappa shape index (κ3) is 4.06. The predicted molar refractivity (Wildman–Crippen MR) is 87.2 cm³/mol. The van der Waals surface area contributed by atoms with Crippen LogP contribution in [0.15, 0.2) is 18.2 Å². The van der Waals surface area contributed by atoms with E-state index in [4.69, 9.17) is 21.1 Å². The largest absolute Gasteiger partial charge is 0.493 e. The molecule has 1 aromatic rings. The van der Waals surface area contributed by atoms with Gasteiger partial charge in [0.15, 0.2) is 11.5 Å². The molecule has 1 aromatic carbocycles. The fourth-order valence-corrected chi connectivity index (χ4v) is 4.95. The number of ether oxygens (including phenoxy) is 2. The molecule has 0 amide bonds. The number of methoxy groups -OCH3 is 2. The molecule has 0 heterocycles. The van der Waals surface area contributed by atoms with Crippen molar-refractivity contribution in [2.45, 2.75) is 42.9 Å². The molecule has 0 unspecified atom stereocenters. The Balaban J connectivity index is 2.05. The van der Waals surface area contributed by atoms with E-state index in [1.165, 1.54) is 0 Å². The molecule has 0 spiro atoms. The Labute approximate surface area is 137 Å². The van der Waals surface area contributed by atoms with E-state index in [9.17, 15) is 8.42 Å². The maximum absolute atomic E-state index is 12.4. The van der Waals surface area contributed by atoms with Gasteiger partial charge in [0.05, 0.1) is 24.8 Å². The van der Waals surface area contributed by atoms with Crippen LogP contribution in [0.4, 0.5) is 0 Å². The highest BCUT2D eigenvalue weighted by Crippen LogP contribution is 2.29. The Morgan fingerprint density at radius 3 is 2.50 bits per heavy atom. The SMILES string of the molecule is COc1ccc(CNS(=O)(=O)[C@@H]2CCCC[C@@H]2Cl)cc1OC. The maximum Gasteiger partial charge on any atom is 0.216 e. The second-order valence-corrected chi connectivity index (χ2v) is 7.94. The van der Waals surface area contributed by atoms with Crippen molar-refractivity contribution in [3.8, 4) is 11.5 Å². The molecule has 0 aliphatic heterocycles. The highest BCUT2D eigenvalue weighted by Gasteiger charge is 2.34. The van der Waals surface area contributed by atoms with Gasteiger partial charge in [-0.1, -0.05) is 18.9 Å². The van der Waals surface area contributed by atoms with Gasteiger partial charge in [-0.15, -0.1) is 11.6 Å². The number of halogens is 1. The first-order valence-corrected chi connectivity index (χ1v) is 9.29. The van der Waals surface area contributed by atoms with Gasteiger partial charge in [0.25, 0.3) is 0 Å². The topological polar surface area (TPSA) is 64.6 Å². The van der Waals surface area contributed by atoms with Gasteiger partial charge in [-0.2, -0.15) is 0 Å². The lowest BCUT2D eigenvalue weighted by Gasteiger charge is -2.26. The van der Waals surface area contributed by atoms with Crippen LogP contribution in [-0.2, 0) is 16.6 Å². The van der Waals surface area contributed by atoms with Crippen molar-refractivity contribution in [2.75, 3.05) is 14.2 Å². The Kier molecular flexibility index (Phi) is 5.94. The van der Waals surface area contributed by atoms with Crippen molar-refractivity contribution in [1.82, 2.24) is 4.72 Å². The summed E-state index contributed by atoms with van der Waals surface area (Å²) in [4.78, 5) is 0. The summed E-state index contributed by atoms with van der Waals surface area (Å²) in [7, 11) is -0.313. The molecular weight excluding hydrogens is 326 g/mol. The van der Waals surface area contributed by atoms with Gasteiger partial charge in [0, 0.05) is 6.54 Å². The molecule has 1 aliphatic rings. The maximum atomic E-state index is 12.4. The van der Waals surface area contributed by atoms with Gasteiger partial charge in [0.2, 0.25) is 10.0 Å². The zero-order valence-electron chi connectivity index (χ0n) is 12.8. The van der Waals surface area contributed by atoms with Crippen molar-refractivity contribution < 1.29 is 17.9 Å². The number of rotatable bonds is 6. The second kappa shape index (κ2) is 7.53. The summed E-state index contributed by atoms with van der Waals surface area (Å²) in [6, 6.07) is 5.33. The van der Waals surface area contributed by atoms with Gasteiger partial charge in [-0.05, 0) is 30.5 Å². The number of hydrogen-bond donors (Lipinski definition) is 1. The minimum atomic E-state index is -3.42. The smallest absolute Gasteiger partial charge is 0.216 e. The highest BCUT2D eigenvalue weighted by atomic mass is 35.5. The standard InChI is InChI=1S/C15H22ClNO4S/c1-20-13-8-7-11(9-14(13)21-2)10-17-22(18,19)15-6-4-3-5-12(15)16/h7-9,12,15,17H,3-6,10H2,1-2H3/t12-,15+/m0/s1. The molecule has 124 valence electrons. The lowest BCUT2D eigenvalue weighted by Crippen LogP contribution is -2.41. The van der Waals surface area contributed by atoms with Gasteiger partial charge >= 0.3 is 0 Å². The van der Waals surface area contributed by atoms with Gasteiger partial charge < -0.3 is 9.47 Å². The number of nitrogens with one attached hydrogen (secondary N) is 1. The summed E-state index contributed by atoms with van der Waals surface area (Å²) in [6.07, 6.45) is 3.28. The minimum Gasteiger partial charge on any atom is -0.493 e. The van der Waals surface area contributed by atoms with Crippen LogP contribution in [-0.4, -0.2) is 33.3 Å². The van der Waals surface area contributed by atoms with E-state index in [0.29, 0.717) is 17.9 Å². The van der Waals surface area contributed by atoms with E-state index in [1.54, 1.807) is 26.4 Å². The summed E-state index contributed by atoms with van der Waals surface area (Å²) in [5.41, 5.74) is 0.808. The lowest BCUT2D eigenvalue weighted by molar-refractivity contribution is 0.354. The van der Waals surface area contributed by atoms with Gasteiger partial charge in [-0.3, -0.25) is 0 Å². The first kappa shape index (κ1) is 17.4. The Hall–Kier alpha value is -0.980. The molecule has 5 nitrogen and oxygen atoms in total. The average Bonchev–Trinajstić information content (AvgIpc) is 2.53. The molecule has 2 atom stereocenters. The van der Waals surface area contributed by atoms with Crippen LogP contribution >= 0.6 is 11.6 Å². The number of sulfonamides is 1. The van der Waals surface area contributed by atoms with Crippen molar-refractivity contribution in [3.05, 3.63) is 23.8 Å². The van der Waals surface area contributed by atoms with E-state index in [1.807, 2.05) is 6.07 Å². The third-order valence-electron chi connectivity index (χ3n) is 3.95. The van der Waals surface area contributed by atoms with E-state index in [-0.39, 0.29) is 11.9 Å². The Bertz CT molecular complexity index is 606. The molecule has 0 saturated heterocycles. The minimum absolute atomic E-state index is 0.211. The summed E-state index contributed by atoms with van der Waals surface area (Å²) in [5.74, 6) is 1.19. The fraction of sp³-hybridized carbons (Fsp3) is 0.600. The van der Waals surface area contributed by atoms with Crippen LogP contribution in [0.2, 0.25) is 0 Å². The van der Waals surface area contributed by atoms with Crippen molar-refractivity contribution in [3.63, 3.8) is 0 Å². The van der Waals surface area contributed by atoms with Crippen LogP contribution in [0.25, 0.3) is 0 Å². The van der Waals surface area contributed by atoms with Crippen molar-refractivity contribution in [2.24, 2.45) is 0 Å². The molecule has 2 rings (SSSR count). The summed E-state index contributed by atoms with van der Waals surface area (Å²) < 4.78 is 37.8. The van der Waals surface area contributed by atoms with Crippen molar-refractivity contribution in [1.29, 1.82) is 0 Å². The lowest BCUT2D eigenvalue weighted by atomic mass is 10.00.